The Bertz CT molecular complexity index is 1580. The first-order valence-corrected chi connectivity index (χ1v) is 12.6. The highest BCUT2D eigenvalue weighted by Gasteiger charge is 2.35. The van der Waals surface area contributed by atoms with Crippen LogP contribution in [0.15, 0.2) is 95.5 Å². The van der Waals surface area contributed by atoms with Crippen molar-refractivity contribution in [3.05, 3.63) is 112 Å². The maximum absolute atomic E-state index is 6.35. The zero-order valence-corrected chi connectivity index (χ0v) is 21.6. The third kappa shape index (κ3) is 3.87. The molecule has 5 heteroatoms. The lowest BCUT2D eigenvalue weighted by atomic mass is 9.82. The summed E-state index contributed by atoms with van der Waals surface area (Å²) in [6.07, 6.45) is 0. The molecule has 1 heterocycles. The number of aromatic nitrogens is 3. The van der Waals surface area contributed by atoms with E-state index in [1.165, 1.54) is 22.3 Å². The molecule has 0 amide bonds. The van der Waals surface area contributed by atoms with Gasteiger partial charge >= 0.3 is 0 Å². The molecule has 0 aliphatic heterocycles. The molecule has 0 N–H and O–H groups in total. The second-order valence-electron chi connectivity index (χ2n) is 9.26. The van der Waals surface area contributed by atoms with E-state index in [1.807, 2.05) is 48.5 Å². The van der Waals surface area contributed by atoms with Gasteiger partial charge in [-0.1, -0.05) is 108 Å². The summed E-state index contributed by atoms with van der Waals surface area (Å²) < 4.78 is 0.875. The molecule has 4 aromatic carbocycles. The summed E-state index contributed by atoms with van der Waals surface area (Å²) in [6, 6.07) is 30.9. The highest BCUT2D eigenvalue weighted by Crippen LogP contribution is 2.49. The largest absolute Gasteiger partial charge is 0.208 e. The topological polar surface area (TPSA) is 38.7 Å². The maximum Gasteiger partial charge on any atom is 0.164 e. The van der Waals surface area contributed by atoms with Crippen LogP contribution in [0.4, 0.5) is 0 Å². The lowest BCUT2D eigenvalue weighted by Gasteiger charge is -2.21. The van der Waals surface area contributed by atoms with Crippen LogP contribution in [0.25, 0.3) is 45.3 Å². The Kier molecular flexibility index (Phi) is 5.32. The third-order valence-electron chi connectivity index (χ3n) is 6.63. The molecule has 0 fully saturated rings. The number of nitrogens with zero attached hydrogens (tertiary/aromatic N) is 3. The fourth-order valence-corrected chi connectivity index (χ4v) is 5.74. The van der Waals surface area contributed by atoms with E-state index in [0.29, 0.717) is 22.5 Å². The smallest absolute Gasteiger partial charge is 0.164 e. The quantitative estimate of drug-likeness (QED) is 0.231. The van der Waals surface area contributed by atoms with Crippen LogP contribution in [0.1, 0.15) is 25.0 Å². The van der Waals surface area contributed by atoms with Gasteiger partial charge in [0.15, 0.2) is 17.5 Å². The van der Waals surface area contributed by atoms with Crippen LogP contribution in [-0.4, -0.2) is 15.0 Å². The van der Waals surface area contributed by atoms with E-state index < -0.39 is 0 Å². The van der Waals surface area contributed by atoms with Gasteiger partial charge in [-0.2, -0.15) is 0 Å². The molecule has 0 saturated heterocycles. The van der Waals surface area contributed by atoms with Crippen LogP contribution in [0.3, 0.4) is 0 Å². The predicted molar refractivity (Wildman–Crippen MR) is 146 cm³/mol. The molecule has 0 radical (unpaired) electrons. The standard InChI is InChI=1S/C30H21BrClN3/c1-30(2)25-11-7-6-10-23(25)24-13-12-19(16-26(24)30)28-33-27(18-8-4-3-5-9-18)34-29(35-28)20-14-21(31)17-22(32)15-20/h3-17H,1-2H3. The molecule has 0 atom stereocenters. The first-order chi connectivity index (χ1) is 16.9. The van der Waals surface area contributed by atoms with Gasteiger partial charge in [-0.15, -0.1) is 0 Å². The van der Waals surface area contributed by atoms with Crippen molar-refractivity contribution in [1.29, 1.82) is 0 Å². The molecule has 6 rings (SSSR count). The zero-order chi connectivity index (χ0) is 24.2. The second-order valence-corrected chi connectivity index (χ2v) is 10.6. The number of rotatable bonds is 3. The minimum Gasteiger partial charge on any atom is -0.208 e. The number of halogens is 2. The van der Waals surface area contributed by atoms with E-state index in [4.69, 9.17) is 26.6 Å². The number of hydrogen-bond acceptors (Lipinski definition) is 3. The molecule has 5 aromatic rings. The van der Waals surface area contributed by atoms with Gasteiger partial charge in [0, 0.05) is 31.6 Å². The molecular weight excluding hydrogens is 518 g/mol. The SMILES string of the molecule is CC1(C)c2ccccc2-c2ccc(-c3nc(-c4ccccc4)nc(-c4cc(Cl)cc(Br)c4)n3)cc21. The van der Waals surface area contributed by atoms with Crippen LogP contribution in [-0.2, 0) is 5.41 Å². The Morgan fingerprint density at radius 3 is 1.97 bits per heavy atom. The van der Waals surface area contributed by atoms with Crippen LogP contribution in [0, 0.1) is 0 Å². The van der Waals surface area contributed by atoms with Gasteiger partial charge in [0.1, 0.15) is 0 Å². The van der Waals surface area contributed by atoms with Crippen molar-refractivity contribution in [2.24, 2.45) is 0 Å². The highest BCUT2D eigenvalue weighted by molar-refractivity contribution is 9.10. The van der Waals surface area contributed by atoms with Crippen molar-refractivity contribution < 1.29 is 0 Å². The molecule has 1 aliphatic carbocycles. The third-order valence-corrected chi connectivity index (χ3v) is 7.31. The maximum atomic E-state index is 6.35. The van der Waals surface area contributed by atoms with E-state index in [2.05, 4.69) is 72.2 Å². The molecule has 3 nitrogen and oxygen atoms in total. The zero-order valence-electron chi connectivity index (χ0n) is 19.3. The predicted octanol–water partition coefficient (Wildman–Crippen LogP) is 8.59. The van der Waals surface area contributed by atoms with E-state index in [1.54, 1.807) is 0 Å². The summed E-state index contributed by atoms with van der Waals surface area (Å²) in [5.41, 5.74) is 7.83. The van der Waals surface area contributed by atoms with Gasteiger partial charge < -0.3 is 0 Å². The lowest BCUT2D eigenvalue weighted by Crippen LogP contribution is -2.15. The molecule has 1 aromatic heterocycles. The summed E-state index contributed by atoms with van der Waals surface area (Å²) in [6.45, 7) is 4.55. The fourth-order valence-electron chi connectivity index (χ4n) is 4.88. The molecule has 170 valence electrons. The average Bonchev–Trinajstić information content (AvgIpc) is 3.10. The summed E-state index contributed by atoms with van der Waals surface area (Å²) in [5, 5.41) is 0.620. The molecule has 35 heavy (non-hydrogen) atoms. The van der Waals surface area contributed by atoms with E-state index in [-0.39, 0.29) is 5.41 Å². The first-order valence-electron chi connectivity index (χ1n) is 11.4. The van der Waals surface area contributed by atoms with Gasteiger partial charge in [0.25, 0.3) is 0 Å². The Hall–Kier alpha value is -3.34. The average molecular weight is 539 g/mol. The molecule has 0 saturated carbocycles. The lowest BCUT2D eigenvalue weighted by molar-refractivity contribution is 0.660. The van der Waals surface area contributed by atoms with Gasteiger partial charge in [-0.25, -0.2) is 15.0 Å². The van der Waals surface area contributed by atoms with E-state index in [0.717, 1.165) is 21.2 Å². The van der Waals surface area contributed by atoms with Crippen molar-refractivity contribution in [3.8, 4) is 45.3 Å². The normalized spacial score (nSPS) is 13.4. The van der Waals surface area contributed by atoms with Gasteiger partial charge in [-0.3, -0.25) is 0 Å². The molecule has 1 aliphatic rings. The monoisotopic (exact) mass is 537 g/mol. The van der Waals surface area contributed by atoms with Gasteiger partial charge in [-0.05, 0) is 46.5 Å². The van der Waals surface area contributed by atoms with Gasteiger partial charge in [0.05, 0.1) is 0 Å². The van der Waals surface area contributed by atoms with Crippen molar-refractivity contribution in [1.82, 2.24) is 15.0 Å². The number of hydrogen-bond donors (Lipinski definition) is 0. The number of benzene rings is 4. The number of fused-ring (bicyclic) bond motifs is 3. The summed E-state index contributed by atoms with van der Waals surface area (Å²) in [7, 11) is 0. The van der Waals surface area contributed by atoms with Crippen molar-refractivity contribution in [2.75, 3.05) is 0 Å². The Morgan fingerprint density at radius 2 is 1.23 bits per heavy atom. The van der Waals surface area contributed by atoms with Gasteiger partial charge in [0.2, 0.25) is 0 Å². The van der Waals surface area contributed by atoms with Crippen molar-refractivity contribution in [3.63, 3.8) is 0 Å². The van der Waals surface area contributed by atoms with Crippen LogP contribution >= 0.6 is 27.5 Å². The Balaban J connectivity index is 1.55. The first kappa shape index (κ1) is 22.1. The summed E-state index contributed by atoms with van der Waals surface area (Å²) in [4.78, 5) is 14.6. The summed E-state index contributed by atoms with van der Waals surface area (Å²) >= 11 is 9.89. The van der Waals surface area contributed by atoms with E-state index >= 15 is 0 Å². The summed E-state index contributed by atoms with van der Waals surface area (Å²) in [5.74, 6) is 1.85. The van der Waals surface area contributed by atoms with Crippen molar-refractivity contribution in [2.45, 2.75) is 19.3 Å². The minimum atomic E-state index is -0.0993. The molecule has 0 unspecified atom stereocenters. The molecular formula is C30H21BrClN3. The molecule has 0 bridgehead atoms. The van der Waals surface area contributed by atoms with Crippen molar-refractivity contribution >= 4 is 27.5 Å². The minimum absolute atomic E-state index is 0.0993. The fraction of sp³-hybridized carbons (Fsp3) is 0.100. The van der Waals surface area contributed by atoms with E-state index in [9.17, 15) is 0 Å². The second kappa shape index (κ2) is 8.40. The van der Waals surface area contributed by atoms with Crippen LogP contribution in [0.5, 0.6) is 0 Å². The van der Waals surface area contributed by atoms with Crippen LogP contribution < -0.4 is 0 Å². The molecule has 0 spiro atoms. The Morgan fingerprint density at radius 1 is 0.600 bits per heavy atom. The highest BCUT2D eigenvalue weighted by atomic mass is 79.9. The Labute approximate surface area is 218 Å². The van der Waals surface area contributed by atoms with Crippen LogP contribution in [0.2, 0.25) is 5.02 Å².